The molecule has 172 valence electrons. The van der Waals surface area contributed by atoms with E-state index in [-0.39, 0.29) is 23.5 Å². The van der Waals surface area contributed by atoms with E-state index in [1.54, 1.807) is 26.1 Å². The number of rotatable bonds is 4. The van der Waals surface area contributed by atoms with Crippen LogP contribution in [0.25, 0.3) is 0 Å². The van der Waals surface area contributed by atoms with Crippen LogP contribution in [0.4, 0.5) is 10.3 Å². The summed E-state index contributed by atoms with van der Waals surface area (Å²) in [6.45, 7) is 4.68. The molecule has 9 heteroatoms. The lowest BCUT2D eigenvalue weighted by Crippen LogP contribution is -2.48. The summed E-state index contributed by atoms with van der Waals surface area (Å²) >= 11 is 0. The van der Waals surface area contributed by atoms with Gasteiger partial charge in [0.25, 0.3) is 11.5 Å². The zero-order valence-corrected chi connectivity index (χ0v) is 18.5. The van der Waals surface area contributed by atoms with Gasteiger partial charge in [-0.3, -0.25) is 14.2 Å². The summed E-state index contributed by atoms with van der Waals surface area (Å²) < 4.78 is 20.3. The lowest BCUT2D eigenvalue weighted by atomic mass is 9.74. The molecule has 0 saturated carbocycles. The highest BCUT2D eigenvalue weighted by Gasteiger charge is 2.38. The van der Waals surface area contributed by atoms with Crippen LogP contribution in [0.5, 0.6) is 5.75 Å². The molecule has 1 spiro atoms. The number of aromatic hydroxyl groups is 1. The molecule has 32 heavy (non-hydrogen) atoms. The third kappa shape index (κ3) is 4.34. The first-order valence-corrected chi connectivity index (χ1v) is 11.0. The van der Waals surface area contributed by atoms with E-state index in [9.17, 15) is 19.1 Å². The Morgan fingerprint density at radius 3 is 2.78 bits per heavy atom. The average Bonchev–Trinajstić information content (AvgIpc) is 2.79. The quantitative estimate of drug-likeness (QED) is 0.751. The molecule has 0 radical (unpaired) electrons. The summed E-state index contributed by atoms with van der Waals surface area (Å²) in [5, 5.41) is 13.0. The number of hydrogen-bond acceptors (Lipinski definition) is 6. The predicted octanol–water partition coefficient (Wildman–Crippen LogP) is 2.26. The molecule has 1 aromatic heterocycles. The number of hydrogen-bond donors (Lipinski definition) is 2. The maximum absolute atomic E-state index is 13.5. The smallest absolute Gasteiger partial charge is 0.297 e. The Bertz CT molecular complexity index is 1070. The lowest BCUT2D eigenvalue weighted by molar-refractivity contribution is 0.00725. The highest BCUT2D eigenvalue weighted by atomic mass is 19.1. The first-order chi connectivity index (χ1) is 15.3. The van der Waals surface area contributed by atoms with Crippen LogP contribution < -0.4 is 15.8 Å². The Balaban J connectivity index is 1.57. The molecule has 2 aliphatic heterocycles. The van der Waals surface area contributed by atoms with Crippen molar-refractivity contribution in [1.82, 2.24) is 14.9 Å². The SMILES string of the molecule is Cc1cc(CNC(=O)c2nc(N3CCCC4(CCOCC4)C3)n(C)c(=O)c2O)ccc1F. The Morgan fingerprint density at radius 2 is 2.06 bits per heavy atom. The topological polar surface area (TPSA) is 96.7 Å². The second kappa shape index (κ2) is 8.90. The van der Waals surface area contributed by atoms with Crippen molar-refractivity contribution in [3.05, 3.63) is 51.2 Å². The number of nitrogens with one attached hydrogen (secondary N) is 1. The van der Waals surface area contributed by atoms with Gasteiger partial charge < -0.3 is 20.1 Å². The number of halogens is 1. The van der Waals surface area contributed by atoms with E-state index < -0.39 is 17.2 Å². The number of carbonyl (C=O) groups is 1. The van der Waals surface area contributed by atoms with Crippen LogP contribution in [0.1, 0.15) is 47.3 Å². The van der Waals surface area contributed by atoms with Gasteiger partial charge in [-0.25, -0.2) is 9.37 Å². The number of aryl methyl sites for hydroxylation is 1. The zero-order valence-electron chi connectivity index (χ0n) is 18.5. The van der Waals surface area contributed by atoms with Crippen molar-refractivity contribution in [1.29, 1.82) is 0 Å². The van der Waals surface area contributed by atoms with E-state index in [0.29, 0.717) is 17.1 Å². The molecule has 2 aliphatic rings. The monoisotopic (exact) mass is 444 g/mol. The summed E-state index contributed by atoms with van der Waals surface area (Å²) in [6, 6.07) is 4.55. The van der Waals surface area contributed by atoms with Crippen LogP contribution in [0.3, 0.4) is 0 Å². The summed E-state index contributed by atoms with van der Waals surface area (Å²) in [6.07, 6.45) is 3.98. The van der Waals surface area contributed by atoms with Crippen molar-refractivity contribution in [3.8, 4) is 5.75 Å². The number of aromatic nitrogens is 2. The number of ether oxygens (including phenoxy) is 1. The van der Waals surface area contributed by atoms with E-state index in [1.165, 1.54) is 10.6 Å². The number of piperidine rings is 1. The van der Waals surface area contributed by atoms with Gasteiger partial charge >= 0.3 is 0 Å². The maximum Gasteiger partial charge on any atom is 0.297 e. The van der Waals surface area contributed by atoms with Gasteiger partial charge in [0.15, 0.2) is 5.69 Å². The van der Waals surface area contributed by atoms with Gasteiger partial charge in [0.05, 0.1) is 0 Å². The molecule has 1 aromatic carbocycles. The molecule has 2 saturated heterocycles. The van der Waals surface area contributed by atoms with Gasteiger partial charge in [0.2, 0.25) is 11.7 Å². The Hall–Kier alpha value is -2.94. The molecule has 0 atom stereocenters. The fourth-order valence-corrected chi connectivity index (χ4v) is 4.69. The average molecular weight is 445 g/mol. The normalized spacial score (nSPS) is 18.0. The molecule has 2 N–H and O–H groups in total. The minimum absolute atomic E-state index is 0.120. The fraction of sp³-hybridized carbons (Fsp3) is 0.522. The van der Waals surface area contributed by atoms with Crippen LogP contribution in [0, 0.1) is 18.2 Å². The minimum Gasteiger partial charge on any atom is -0.501 e. The van der Waals surface area contributed by atoms with Crippen LogP contribution in [0.2, 0.25) is 0 Å². The highest BCUT2D eigenvalue weighted by Crippen LogP contribution is 2.40. The highest BCUT2D eigenvalue weighted by molar-refractivity contribution is 5.95. The van der Waals surface area contributed by atoms with E-state index in [2.05, 4.69) is 10.3 Å². The van der Waals surface area contributed by atoms with Crippen molar-refractivity contribution >= 4 is 11.9 Å². The molecular weight excluding hydrogens is 415 g/mol. The van der Waals surface area contributed by atoms with E-state index in [1.807, 2.05) is 4.90 Å². The van der Waals surface area contributed by atoms with Gasteiger partial charge in [-0.2, -0.15) is 0 Å². The summed E-state index contributed by atoms with van der Waals surface area (Å²) in [7, 11) is 1.55. The Labute approximate surface area is 186 Å². The number of carbonyl (C=O) groups excluding carboxylic acids is 1. The molecule has 8 nitrogen and oxygen atoms in total. The second-order valence-electron chi connectivity index (χ2n) is 8.88. The van der Waals surface area contributed by atoms with Gasteiger partial charge in [-0.15, -0.1) is 0 Å². The third-order valence-electron chi connectivity index (χ3n) is 6.63. The van der Waals surface area contributed by atoms with E-state index in [4.69, 9.17) is 4.74 Å². The standard InChI is InChI=1S/C23H29FN4O4/c1-15-12-16(4-5-17(15)24)13-25-20(30)18-19(29)21(31)27(2)22(26-18)28-9-3-6-23(14-28)7-10-32-11-8-23/h4-5,12,29H,3,6-11,13-14H2,1-2H3,(H,25,30). The number of nitrogens with zero attached hydrogens (tertiary/aromatic N) is 3. The van der Waals surface area contributed by atoms with Gasteiger partial charge in [0.1, 0.15) is 5.82 Å². The largest absolute Gasteiger partial charge is 0.501 e. The third-order valence-corrected chi connectivity index (χ3v) is 6.63. The molecule has 0 bridgehead atoms. The minimum atomic E-state index is -0.679. The molecular formula is C23H29FN4O4. The second-order valence-corrected chi connectivity index (χ2v) is 8.88. The summed E-state index contributed by atoms with van der Waals surface area (Å²) in [4.78, 5) is 31.9. The number of anilines is 1. The molecule has 1 amide bonds. The predicted molar refractivity (Wildman–Crippen MR) is 117 cm³/mol. The first-order valence-electron chi connectivity index (χ1n) is 11.0. The Kier molecular flexibility index (Phi) is 6.19. The van der Waals surface area contributed by atoms with Crippen LogP contribution in [-0.4, -0.2) is 46.9 Å². The molecule has 0 unspecified atom stereocenters. The molecule has 2 fully saturated rings. The van der Waals surface area contributed by atoms with Crippen molar-refractivity contribution in [2.45, 2.75) is 39.2 Å². The lowest BCUT2D eigenvalue weighted by Gasteiger charge is -2.45. The summed E-state index contributed by atoms with van der Waals surface area (Å²) in [5.41, 5.74) is 0.339. The van der Waals surface area contributed by atoms with Gasteiger partial charge in [-0.1, -0.05) is 12.1 Å². The van der Waals surface area contributed by atoms with Crippen LogP contribution >= 0.6 is 0 Å². The number of benzene rings is 1. The molecule has 4 rings (SSSR count). The van der Waals surface area contributed by atoms with Gasteiger partial charge in [0, 0.05) is 39.9 Å². The van der Waals surface area contributed by atoms with Crippen molar-refractivity contribution in [2.75, 3.05) is 31.2 Å². The maximum atomic E-state index is 13.5. The fourth-order valence-electron chi connectivity index (χ4n) is 4.69. The van der Waals surface area contributed by atoms with Crippen molar-refractivity contribution in [3.63, 3.8) is 0 Å². The van der Waals surface area contributed by atoms with Crippen LogP contribution in [-0.2, 0) is 18.3 Å². The van der Waals surface area contributed by atoms with Crippen molar-refractivity contribution in [2.24, 2.45) is 12.5 Å². The zero-order chi connectivity index (χ0) is 22.9. The van der Waals surface area contributed by atoms with Crippen LogP contribution in [0.15, 0.2) is 23.0 Å². The Morgan fingerprint density at radius 1 is 1.31 bits per heavy atom. The molecule has 2 aromatic rings. The summed E-state index contributed by atoms with van der Waals surface area (Å²) in [5.74, 6) is -1.27. The van der Waals surface area contributed by atoms with E-state index >= 15 is 0 Å². The molecule has 0 aliphatic carbocycles. The van der Waals surface area contributed by atoms with Crippen molar-refractivity contribution < 1.29 is 19.0 Å². The van der Waals surface area contributed by atoms with E-state index in [0.717, 1.165) is 52.0 Å². The van der Waals surface area contributed by atoms with Gasteiger partial charge in [-0.05, 0) is 55.2 Å². The number of amides is 1. The molecule has 3 heterocycles. The first kappa shape index (κ1) is 22.3.